The van der Waals surface area contributed by atoms with Crippen LogP contribution in [0.3, 0.4) is 0 Å². The molecule has 0 radical (unpaired) electrons. The lowest BCUT2D eigenvalue weighted by atomic mass is 10.1. The number of rotatable bonds is 4. The molecule has 0 bridgehead atoms. The van der Waals surface area contributed by atoms with E-state index in [0.717, 1.165) is 13.1 Å². The summed E-state index contributed by atoms with van der Waals surface area (Å²) in [4.78, 5) is 21.5. The number of carboxylic acids is 2. The molecule has 4 N–H and O–H groups in total. The van der Waals surface area contributed by atoms with E-state index in [1.165, 1.54) is 23.2 Å². The molecule has 0 amide bonds. The number of hydrogen-bond donors (Lipinski definition) is 3. The molecule has 0 saturated heterocycles. The van der Waals surface area contributed by atoms with Crippen molar-refractivity contribution in [2.75, 3.05) is 18.0 Å². The van der Waals surface area contributed by atoms with E-state index in [0.29, 0.717) is 12.2 Å². The van der Waals surface area contributed by atoms with Gasteiger partial charge in [0.25, 0.3) is 0 Å². The smallest absolute Gasteiger partial charge is 0.328 e. The van der Waals surface area contributed by atoms with Crippen LogP contribution < -0.4 is 10.6 Å². The predicted octanol–water partition coefficient (Wildman–Crippen LogP) is 1.42. The normalized spacial score (nSPS) is 14.2. The maximum atomic E-state index is 9.55. The lowest BCUT2D eigenvalue weighted by molar-refractivity contribution is -0.134. The van der Waals surface area contributed by atoms with E-state index >= 15 is 0 Å². The second-order valence-corrected chi connectivity index (χ2v) is 5.32. The van der Waals surface area contributed by atoms with Crippen molar-refractivity contribution in [2.24, 2.45) is 5.73 Å². The summed E-state index contributed by atoms with van der Waals surface area (Å²) in [6.45, 7) is 6.30. The monoisotopic (exact) mass is 306 g/mol. The van der Waals surface area contributed by atoms with Gasteiger partial charge in [-0.25, -0.2) is 9.59 Å². The number of hydrogen-bond acceptors (Lipinski definition) is 4. The molecule has 0 aliphatic carbocycles. The summed E-state index contributed by atoms with van der Waals surface area (Å²) in [6.07, 6.45) is 2.28. The topological polar surface area (TPSA) is 104 Å². The zero-order valence-electron chi connectivity index (χ0n) is 12.8. The molecule has 0 aromatic heterocycles. The quantitative estimate of drug-likeness (QED) is 0.727. The summed E-state index contributed by atoms with van der Waals surface area (Å²) in [6, 6.07) is 6.95. The number of aryl methyl sites for hydroxylation is 1. The van der Waals surface area contributed by atoms with Crippen molar-refractivity contribution < 1.29 is 19.8 Å². The first-order valence-electron chi connectivity index (χ1n) is 7.03. The molecule has 0 saturated carbocycles. The second kappa shape index (κ2) is 8.19. The van der Waals surface area contributed by atoms with Crippen molar-refractivity contribution in [1.82, 2.24) is 0 Å². The predicted molar refractivity (Wildman–Crippen MR) is 85.2 cm³/mol. The van der Waals surface area contributed by atoms with Crippen LogP contribution in [0.15, 0.2) is 30.4 Å². The number of aliphatic carboxylic acids is 2. The molecule has 0 unspecified atom stereocenters. The second-order valence-electron chi connectivity index (χ2n) is 5.32. The third-order valence-corrected chi connectivity index (χ3v) is 3.11. The Kier molecular flexibility index (Phi) is 6.59. The van der Waals surface area contributed by atoms with E-state index in [4.69, 9.17) is 15.9 Å². The minimum absolute atomic E-state index is 0.251. The minimum Gasteiger partial charge on any atom is -0.478 e. The minimum atomic E-state index is -1.26. The summed E-state index contributed by atoms with van der Waals surface area (Å²) in [5, 5.41) is 15.6. The first-order valence-corrected chi connectivity index (χ1v) is 7.03. The van der Waals surface area contributed by atoms with Crippen LogP contribution in [-0.2, 0) is 16.0 Å². The van der Waals surface area contributed by atoms with Crippen molar-refractivity contribution in [2.45, 2.75) is 26.3 Å². The van der Waals surface area contributed by atoms with Gasteiger partial charge < -0.3 is 20.8 Å². The third kappa shape index (κ3) is 5.97. The average molecular weight is 306 g/mol. The van der Waals surface area contributed by atoms with Crippen molar-refractivity contribution >= 4 is 17.6 Å². The molecule has 1 aromatic rings. The Balaban J connectivity index is 0.000000261. The number of nitrogens with zero attached hydrogens (tertiary/aromatic N) is 1. The Hall–Kier alpha value is -2.34. The number of carbonyl (C=O) groups is 2. The molecule has 1 heterocycles. The SMILES string of the molecule is Cc1ccc2c(c1)N(C[C@H](C)N)CC2.O=C(O)/C=C/C(=O)O. The molecule has 1 aliphatic heterocycles. The van der Waals surface area contributed by atoms with Crippen LogP contribution in [-0.4, -0.2) is 41.3 Å². The fourth-order valence-electron chi connectivity index (χ4n) is 2.24. The van der Waals surface area contributed by atoms with Gasteiger partial charge in [-0.15, -0.1) is 0 Å². The number of carboxylic acid groups (broad SMARTS) is 2. The Morgan fingerprint density at radius 2 is 1.91 bits per heavy atom. The first kappa shape index (κ1) is 17.7. The number of anilines is 1. The molecule has 120 valence electrons. The molecule has 6 nitrogen and oxygen atoms in total. The van der Waals surface area contributed by atoms with Crippen LogP contribution in [0.1, 0.15) is 18.1 Å². The summed E-state index contributed by atoms with van der Waals surface area (Å²) in [5.74, 6) is -2.51. The lowest BCUT2D eigenvalue weighted by Gasteiger charge is -2.21. The van der Waals surface area contributed by atoms with Gasteiger partial charge in [0.1, 0.15) is 0 Å². The zero-order valence-corrected chi connectivity index (χ0v) is 12.8. The van der Waals surface area contributed by atoms with Gasteiger partial charge in [-0.1, -0.05) is 12.1 Å². The molecular formula is C16H22N2O4. The van der Waals surface area contributed by atoms with Gasteiger partial charge in [-0.3, -0.25) is 0 Å². The largest absolute Gasteiger partial charge is 0.478 e. The third-order valence-electron chi connectivity index (χ3n) is 3.11. The highest BCUT2D eigenvalue weighted by molar-refractivity contribution is 5.89. The fourth-order valence-corrected chi connectivity index (χ4v) is 2.24. The summed E-state index contributed by atoms with van der Waals surface area (Å²) < 4.78 is 0. The molecule has 0 fully saturated rings. The van der Waals surface area contributed by atoms with Gasteiger partial charge in [0, 0.05) is 37.0 Å². The van der Waals surface area contributed by atoms with Crippen molar-refractivity contribution in [3.8, 4) is 0 Å². The van der Waals surface area contributed by atoms with E-state index in [1.54, 1.807) is 0 Å². The van der Waals surface area contributed by atoms with Crippen molar-refractivity contribution in [3.05, 3.63) is 41.5 Å². The van der Waals surface area contributed by atoms with Gasteiger partial charge in [0.2, 0.25) is 0 Å². The highest BCUT2D eigenvalue weighted by Gasteiger charge is 2.19. The number of benzene rings is 1. The lowest BCUT2D eigenvalue weighted by Crippen LogP contribution is -2.34. The van der Waals surface area contributed by atoms with Gasteiger partial charge in [0.15, 0.2) is 0 Å². The summed E-state index contributed by atoms with van der Waals surface area (Å²) in [5.41, 5.74) is 10.0. The maximum absolute atomic E-state index is 9.55. The van der Waals surface area contributed by atoms with Crippen LogP contribution in [0.25, 0.3) is 0 Å². The van der Waals surface area contributed by atoms with Crippen LogP contribution in [0.4, 0.5) is 5.69 Å². The molecule has 0 spiro atoms. The molecular weight excluding hydrogens is 284 g/mol. The molecule has 1 aromatic carbocycles. The number of fused-ring (bicyclic) bond motifs is 1. The first-order chi connectivity index (χ1) is 10.3. The van der Waals surface area contributed by atoms with Gasteiger partial charge in [0.05, 0.1) is 0 Å². The molecule has 1 atom stereocenters. The molecule has 22 heavy (non-hydrogen) atoms. The number of nitrogens with two attached hydrogens (primary N) is 1. The fraction of sp³-hybridized carbons (Fsp3) is 0.375. The van der Waals surface area contributed by atoms with Gasteiger partial charge in [-0.2, -0.15) is 0 Å². The Labute approximate surface area is 129 Å². The molecule has 2 rings (SSSR count). The molecule has 1 aliphatic rings. The van der Waals surface area contributed by atoms with Crippen LogP contribution in [0.2, 0.25) is 0 Å². The van der Waals surface area contributed by atoms with Crippen molar-refractivity contribution in [1.29, 1.82) is 0 Å². The Morgan fingerprint density at radius 3 is 2.41 bits per heavy atom. The maximum Gasteiger partial charge on any atom is 0.328 e. The van der Waals surface area contributed by atoms with Crippen molar-refractivity contribution in [3.63, 3.8) is 0 Å². The Bertz CT molecular complexity index is 551. The van der Waals surface area contributed by atoms with Crippen LogP contribution >= 0.6 is 0 Å². The standard InChI is InChI=1S/C12H18N2.C4H4O4/c1-9-3-4-11-5-6-14(8-10(2)13)12(11)7-9;5-3(6)1-2-4(7)8/h3-4,7,10H,5-6,8,13H2,1-2H3;1-2H,(H,5,6)(H,7,8)/b;2-1+/t10-;/m0./s1. The van der Waals surface area contributed by atoms with E-state index in [1.807, 2.05) is 0 Å². The van der Waals surface area contributed by atoms with Crippen LogP contribution in [0, 0.1) is 6.92 Å². The van der Waals surface area contributed by atoms with Crippen LogP contribution in [0.5, 0.6) is 0 Å². The van der Waals surface area contributed by atoms with E-state index < -0.39 is 11.9 Å². The zero-order chi connectivity index (χ0) is 16.7. The summed E-state index contributed by atoms with van der Waals surface area (Å²) in [7, 11) is 0. The Morgan fingerprint density at radius 1 is 1.32 bits per heavy atom. The van der Waals surface area contributed by atoms with Gasteiger partial charge >= 0.3 is 11.9 Å². The molecule has 6 heteroatoms. The van der Waals surface area contributed by atoms with Gasteiger partial charge in [-0.05, 0) is 37.5 Å². The van der Waals surface area contributed by atoms with E-state index in [-0.39, 0.29) is 6.04 Å². The average Bonchev–Trinajstić information content (AvgIpc) is 2.79. The highest BCUT2D eigenvalue weighted by Crippen LogP contribution is 2.28. The van der Waals surface area contributed by atoms with E-state index in [2.05, 4.69) is 36.9 Å². The highest BCUT2D eigenvalue weighted by atomic mass is 16.4. The summed E-state index contributed by atoms with van der Waals surface area (Å²) >= 11 is 0. The van der Waals surface area contributed by atoms with E-state index in [9.17, 15) is 9.59 Å².